The Morgan fingerprint density at radius 1 is 1.03 bits per heavy atom. The van der Waals surface area contributed by atoms with Crippen LogP contribution in [0.3, 0.4) is 0 Å². The van der Waals surface area contributed by atoms with Crippen LogP contribution >= 0.6 is 0 Å². The van der Waals surface area contributed by atoms with E-state index in [0.29, 0.717) is 11.3 Å². The van der Waals surface area contributed by atoms with Crippen molar-refractivity contribution in [2.24, 2.45) is 0 Å². The average molecular weight is 426 g/mol. The van der Waals surface area contributed by atoms with Gasteiger partial charge in [-0.25, -0.2) is 8.42 Å². The number of rotatable bonds is 5. The Labute approximate surface area is 177 Å². The summed E-state index contributed by atoms with van der Waals surface area (Å²) in [4.78, 5) is 17.2. The minimum atomic E-state index is -3.32. The lowest BCUT2D eigenvalue weighted by atomic mass is 9.86. The lowest BCUT2D eigenvalue weighted by molar-refractivity contribution is 0.0939. The van der Waals surface area contributed by atoms with Gasteiger partial charge in [0.15, 0.2) is 0 Å². The average Bonchev–Trinajstić information content (AvgIpc) is 2.65. The van der Waals surface area contributed by atoms with Crippen LogP contribution in [0.4, 0.5) is 5.69 Å². The Bertz CT molecular complexity index is 1180. The number of nitrogens with zero attached hydrogens (tertiary/aromatic N) is 1. The van der Waals surface area contributed by atoms with Crippen LogP contribution in [0.25, 0.3) is 10.9 Å². The van der Waals surface area contributed by atoms with Crippen molar-refractivity contribution in [3.8, 4) is 0 Å². The summed E-state index contributed by atoms with van der Waals surface area (Å²) in [7, 11) is -3.32. The molecule has 0 bridgehead atoms. The Kier molecular flexibility index (Phi) is 5.85. The van der Waals surface area contributed by atoms with Crippen molar-refractivity contribution < 1.29 is 13.2 Å². The van der Waals surface area contributed by atoms with Gasteiger partial charge in [-0.3, -0.25) is 14.5 Å². The third-order valence-corrected chi connectivity index (χ3v) is 5.48. The first-order valence-electron chi connectivity index (χ1n) is 9.71. The summed E-state index contributed by atoms with van der Waals surface area (Å²) in [6.45, 7) is 8.34. The van der Waals surface area contributed by atoms with E-state index >= 15 is 0 Å². The number of carbonyl (C=O) groups excluding carboxylic acids is 1. The Morgan fingerprint density at radius 2 is 1.70 bits per heavy atom. The molecule has 1 amide bonds. The molecule has 6 nitrogen and oxygen atoms in total. The second-order valence-electron chi connectivity index (χ2n) is 8.57. The van der Waals surface area contributed by atoms with Gasteiger partial charge in [-0.15, -0.1) is 0 Å². The topological polar surface area (TPSA) is 88.2 Å². The summed E-state index contributed by atoms with van der Waals surface area (Å²) in [6.07, 6.45) is 2.70. The fourth-order valence-corrected chi connectivity index (χ4v) is 3.69. The number of anilines is 1. The van der Waals surface area contributed by atoms with Gasteiger partial charge >= 0.3 is 0 Å². The SMILES string of the molecule is C[C@@H](NC(=O)c1cnc2cc(C(C)(C)C)ccc2c1)c1ccc(NS(C)(=O)=O)cc1. The van der Waals surface area contributed by atoms with Crippen molar-refractivity contribution in [1.82, 2.24) is 10.3 Å². The maximum Gasteiger partial charge on any atom is 0.253 e. The van der Waals surface area contributed by atoms with E-state index in [1.165, 1.54) is 5.56 Å². The quantitative estimate of drug-likeness (QED) is 0.634. The van der Waals surface area contributed by atoms with Crippen molar-refractivity contribution in [2.45, 2.75) is 39.2 Å². The molecular formula is C23H27N3O3S. The summed E-state index contributed by atoms with van der Waals surface area (Å²) in [6, 6.07) is 14.6. The predicted molar refractivity (Wildman–Crippen MR) is 121 cm³/mol. The van der Waals surface area contributed by atoms with E-state index in [1.54, 1.807) is 30.5 Å². The predicted octanol–water partition coefficient (Wildman–Crippen LogP) is 4.39. The van der Waals surface area contributed by atoms with Gasteiger partial charge in [0.1, 0.15) is 0 Å². The third kappa shape index (κ3) is 5.36. The Balaban J connectivity index is 1.74. The molecule has 3 aromatic rings. The number of hydrogen-bond acceptors (Lipinski definition) is 4. The molecule has 0 unspecified atom stereocenters. The molecule has 2 aromatic carbocycles. The molecule has 1 atom stereocenters. The third-order valence-electron chi connectivity index (χ3n) is 4.87. The molecule has 30 heavy (non-hydrogen) atoms. The van der Waals surface area contributed by atoms with Gasteiger partial charge in [-0.2, -0.15) is 0 Å². The normalized spacial score (nSPS) is 13.1. The molecule has 0 fully saturated rings. The number of amides is 1. The van der Waals surface area contributed by atoms with Crippen LogP contribution in [0.2, 0.25) is 0 Å². The van der Waals surface area contributed by atoms with E-state index in [-0.39, 0.29) is 17.4 Å². The van der Waals surface area contributed by atoms with Crippen LogP contribution in [0, 0.1) is 0 Å². The zero-order valence-corrected chi connectivity index (χ0v) is 18.7. The smallest absolute Gasteiger partial charge is 0.253 e. The molecule has 0 aliphatic rings. The van der Waals surface area contributed by atoms with Crippen LogP contribution in [0.5, 0.6) is 0 Å². The molecule has 158 valence electrons. The van der Waals surface area contributed by atoms with E-state index in [0.717, 1.165) is 22.7 Å². The minimum absolute atomic E-state index is 0.0354. The molecule has 0 saturated carbocycles. The van der Waals surface area contributed by atoms with Crippen molar-refractivity contribution >= 4 is 32.5 Å². The summed E-state index contributed by atoms with van der Waals surface area (Å²) >= 11 is 0. The zero-order chi connectivity index (χ0) is 22.1. The second kappa shape index (κ2) is 8.07. The highest BCUT2D eigenvalue weighted by molar-refractivity contribution is 7.92. The van der Waals surface area contributed by atoms with Gasteiger partial charge < -0.3 is 5.32 Å². The lowest BCUT2D eigenvalue weighted by Gasteiger charge is -2.19. The summed E-state index contributed by atoms with van der Waals surface area (Å²) in [5, 5.41) is 3.88. The van der Waals surface area contributed by atoms with E-state index < -0.39 is 10.0 Å². The summed E-state index contributed by atoms with van der Waals surface area (Å²) < 4.78 is 25.0. The summed E-state index contributed by atoms with van der Waals surface area (Å²) in [5.74, 6) is -0.213. The highest BCUT2D eigenvalue weighted by Gasteiger charge is 2.16. The van der Waals surface area contributed by atoms with Gasteiger partial charge in [-0.05, 0) is 47.7 Å². The maximum atomic E-state index is 12.7. The molecule has 3 rings (SSSR count). The molecule has 0 saturated heterocycles. The van der Waals surface area contributed by atoms with Crippen molar-refractivity contribution in [1.29, 1.82) is 0 Å². The molecule has 0 radical (unpaired) electrons. The summed E-state index contributed by atoms with van der Waals surface area (Å²) in [5.41, 5.74) is 3.93. The number of nitrogens with one attached hydrogen (secondary N) is 2. The first-order valence-corrected chi connectivity index (χ1v) is 11.6. The molecule has 1 heterocycles. The Hall–Kier alpha value is -2.93. The maximum absolute atomic E-state index is 12.7. The number of pyridine rings is 1. The highest BCUT2D eigenvalue weighted by Crippen LogP contribution is 2.26. The highest BCUT2D eigenvalue weighted by atomic mass is 32.2. The number of sulfonamides is 1. The van der Waals surface area contributed by atoms with Gasteiger partial charge in [0.2, 0.25) is 10.0 Å². The van der Waals surface area contributed by atoms with Crippen LogP contribution < -0.4 is 10.0 Å². The first-order chi connectivity index (χ1) is 13.9. The molecule has 0 spiro atoms. The van der Waals surface area contributed by atoms with E-state index in [1.807, 2.05) is 19.1 Å². The number of carbonyl (C=O) groups is 1. The first kappa shape index (κ1) is 21.8. The van der Waals surface area contributed by atoms with Crippen molar-refractivity contribution in [3.63, 3.8) is 0 Å². The molecular weight excluding hydrogens is 398 g/mol. The molecule has 2 N–H and O–H groups in total. The number of benzene rings is 2. The van der Waals surface area contributed by atoms with Crippen molar-refractivity contribution in [3.05, 3.63) is 71.4 Å². The van der Waals surface area contributed by atoms with Crippen LogP contribution in [-0.2, 0) is 15.4 Å². The standard InChI is InChI=1S/C23H27N3O3S/c1-15(16-7-10-20(11-8-16)26-30(5,28)29)25-22(27)18-12-17-6-9-19(23(2,3)4)13-21(17)24-14-18/h6-15,26H,1-5H3,(H,25,27)/t15-/m1/s1. The monoisotopic (exact) mass is 425 g/mol. The second-order valence-corrected chi connectivity index (χ2v) is 10.3. The van der Waals surface area contributed by atoms with Gasteiger partial charge in [-0.1, -0.05) is 45.0 Å². The molecule has 7 heteroatoms. The number of aromatic nitrogens is 1. The van der Waals surface area contributed by atoms with Crippen LogP contribution in [-0.4, -0.2) is 25.6 Å². The minimum Gasteiger partial charge on any atom is -0.345 e. The Morgan fingerprint density at radius 3 is 2.30 bits per heavy atom. The fourth-order valence-electron chi connectivity index (χ4n) is 3.13. The fraction of sp³-hybridized carbons (Fsp3) is 0.304. The van der Waals surface area contributed by atoms with Crippen molar-refractivity contribution in [2.75, 3.05) is 11.0 Å². The molecule has 1 aromatic heterocycles. The van der Waals surface area contributed by atoms with Crippen LogP contribution in [0.15, 0.2) is 54.7 Å². The largest absolute Gasteiger partial charge is 0.345 e. The van der Waals surface area contributed by atoms with E-state index in [4.69, 9.17) is 0 Å². The molecule has 0 aliphatic carbocycles. The molecule has 0 aliphatic heterocycles. The number of hydrogen-bond donors (Lipinski definition) is 2. The van der Waals surface area contributed by atoms with Crippen LogP contribution in [0.1, 0.15) is 55.2 Å². The van der Waals surface area contributed by atoms with Gasteiger partial charge in [0, 0.05) is 17.3 Å². The zero-order valence-electron chi connectivity index (χ0n) is 17.9. The van der Waals surface area contributed by atoms with E-state index in [9.17, 15) is 13.2 Å². The lowest BCUT2D eigenvalue weighted by Crippen LogP contribution is -2.26. The van der Waals surface area contributed by atoms with Gasteiger partial charge in [0.05, 0.1) is 23.4 Å². The number of fused-ring (bicyclic) bond motifs is 1. The van der Waals surface area contributed by atoms with Gasteiger partial charge in [0.25, 0.3) is 5.91 Å². The van der Waals surface area contributed by atoms with E-state index in [2.05, 4.69) is 47.9 Å².